The summed E-state index contributed by atoms with van der Waals surface area (Å²) in [6.45, 7) is 2.32. The molecule has 2 aromatic carbocycles. The van der Waals surface area contributed by atoms with Crippen LogP contribution in [0.2, 0.25) is 0 Å². The van der Waals surface area contributed by atoms with Crippen molar-refractivity contribution in [2.45, 2.75) is 32.5 Å². The molecule has 2 aliphatic rings. The Bertz CT molecular complexity index is 1410. The lowest BCUT2D eigenvalue weighted by Crippen LogP contribution is -2.36. The van der Waals surface area contributed by atoms with E-state index < -0.39 is 23.8 Å². The minimum Gasteiger partial charge on any atom is -0.465 e. The van der Waals surface area contributed by atoms with Crippen LogP contribution in [-0.4, -0.2) is 60.0 Å². The van der Waals surface area contributed by atoms with Gasteiger partial charge in [-0.25, -0.2) is 14.6 Å². The number of para-hydroxylation sites is 1. The first kappa shape index (κ1) is 23.6. The molecule has 0 spiro atoms. The summed E-state index contributed by atoms with van der Waals surface area (Å²) in [5.74, 6) is -2.15. The molecule has 0 bridgehead atoms. The van der Waals surface area contributed by atoms with Crippen molar-refractivity contribution in [1.82, 2.24) is 9.88 Å². The second-order valence-corrected chi connectivity index (χ2v) is 8.76. The van der Waals surface area contributed by atoms with Gasteiger partial charge in [0.25, 0.3) is 11.8 Å². The smallest absolute Gasteiger partial charge is 0.340 e. The van der Waals surface area contributed by atoms with E-state index in [1.165, 1.54) is 30.2 Å². The number of aryl methyl sites for hydroxylation is 1. The third kappa shape index (κ3) is 4.11. The van der Waals surface area contributed by atoms with Gasteiger partial charge in [-0.3, -0.25) is 14.5 Å². The van der Waals surface area contributed by atoms with Crippen LogP contribution < -0.4 is 0 Å². The Hall–Kier alpha value is -4.11. The number of nitrogens with zero attached hydrogens (tertiary/aromatic N) is 2. The molecule has 9 nitrogen and oxygen atoms in total. The second kappa shape index (κ2) is 9.50. The van der Waals surface area contributed by atoms with Crippen LogP contribution in [0, 0.1) is 6.92 Å². The summed E-state index contributed by atoms with van der Waals surface area (Å²) in [5, 5.41) is 0.794. The number of fused-ring (bicyclic) bond motifs is 2. The Balaban J connectivity index is 1.37. The van der Waals surface area contributed by atoms with E-state index >= 15 is 0 Å². The summed E-state index contributed by atoms with van der Waals surface area (Å²) in [7, 11) is 1.28. The summed E-state index contributed by atoms with van der Waals surface area (Å²) in [6.07, 6.45) is 1.52. The van der Waals surface area contributed by atoms with Crippen molar-refractivity contribution < 1.29 is 33.4 Å². The van der Waals surface area contributed by atoms with Gasteiger partial charge in [-0.05, 0) is 49.6 Å². The van der Waals surface area contributed by atoms with Crippen molar-refractivity contribution in [2.75, 3.05) is 20.3 Å². The van der Waals surface area contributed by atoms with Crippen LogP contribution in [0.15, 0.2) is 42.5 Å². The lowest BCUT2D eigenvalue weighted by atomic mass is 10.0. The number of benzene rings is 2. The van der Waals surface area contributed by atoms with Crippen molar-refractivity contribution in [2.24, 2.45) is 0 Å². The molecule has 1 aromatic heterocycles. The van der Waals surface area contributed by atoms with Crippen molar-refractivity contribution in [1.29, 1.82) is 0 Å². The van der Waals surface area contributed by atoms with Gasteiger partial charge >= 0.3 is 11.9 Å². The first-order chi connectivity index (χ1) is 17.4. The molecule has 3 heterocycles. The van der Waals surface area contributed by atoms with Gasteiger partial charge < -0.3 is 14.2 Å². The zero-order valence-electron chi connectivity index (χ0n) is 19.9. The molecule has 184 valence electrons. The average molecular weight is 488 g/mol. The maximum atomic E-state index is 12.9. The van der Waals surface area contributed by atoms with Gasteiger partial charge in [-0.15, -0.1) is 0 Å². The van der Waals surface area contributed by atoms with E-state index in [9.17, 15) is 19.2 Å². The zero-order valence-corrected chi connectivity index (χ0v) is 19.9. The molecule has 3 aromatic rings. The van der Waals surface area contributed by atoms with Crippen LogP contribution in [0.3, 0.4) is 0 Å². The number of carbonyl (C=O) groups excluding carboxylic acids is 4. The maximum Gasteiger partial charge on any atom is 0.340 e. The lowest BCUT2D eigenvalue weighted by molar-refractivity contribution is 0.0455. The largest absolute Gasteiger partial charge is 0.465 e. The highest BCUT2D eigenvalue weighted by molar-refractivity contribution is 6.22. The highest BCUT2D eigenvalue weighted by atomic mass is 16.5. The molecule has 1 saturated heterocycles. The molecule has 0 N–H and O–H groups in total. The van der Waals surface area contributed by atoms with E-state index in [0.29, 0.717) is 17.7 Å². The van der Waals surface area contributed by atoms with E-state index in [1.807, 2.05) is 18.2 Å². The summed E-state index contributed by atoms with van der Waals surface area (Å²) in [5.41, 5.74) is 2.35. The highest BCUT2D eigenvalue weighted by Gasteiger charge is 2.38. The first-order valence-corrected chi connectivity index (χ1v) is 11.6. The number of carbonyl (C=O) groups is 4. The number of esters is 2. The number of hydrogen-bond donors (Lipinski definition) is 0. The van der Waals surface area contributed by atoms with Gasteiger partial charge in [0, 0.05) is 12.0 Å². The molecule has 1 atom stereocenters. The second-order valence-electron chi connectivity index (χ2n) is 8.76. The van der Waals surface area contributed by atoms with Gasteiger partial charge in [-0.1, -0.05) is 18.2 Å². The standard InChI is InChI=1S/C27H24N2O7/c1-15-18-7-3-4-8-21(18)28-22(23(15)27(33)34-2)14-36-26(32)16-9-10-19-20(12-16)25(31)29(24(19)30)13-17-6-5-11-35-17/h3-4,7-10,12,17H,5-6,11,13-14H2,1-2H3. The minimum absolute atomic E-state index is 0.117. The van der Waals surface area contributed by atoms with Gasteiger partial charge in [0.15, 0.2) is 0 Å². The molecule has 2 aliphatic heterocycles. The molecule has 0 aliphatic carbocycles. The fourth-order valence-electron chi connectivity index (χ4n) is 4.71. The molecule has 1 fully saturated rings. The minimum atomic E-state index is -0.709. The fraction of sp³-hybridized carbons (Fsp3) is 0.296. The highest BCUT2D eigenvalue weighted by Crippen LogP contribution is 2.27. The number of pyridine rings is 1. The normalized spacial score (nSPS) is 16.9. The lowest BCUT2D eigenvalue weighted by Gasteiger charge is -2.17. The Morgan fingerprint density at radius 2 is 1.86 bits per heavy atom. The van der Waals surface area contributed by atoms with Crippen LogP contribution in [0.25, 0.3) is 10.9 Å². The van der Waals surface area contributed by atoms with Crippen molar-refractivity contribution in [3.05, 3.63) is 76.0 Å². The van der Waals surface area contributed by atoms with E-state index in [1.54, 1.807) is 13.0 Å². The summed E-state index contributed by atoms with van der Waals surface area (Å²) >= 11 is 0. The van der Waals surface area contributed by atoms with Crippen molar-refractivity contribution in [3.8, 4) is 0 Å². The number of hydrogen-bond acceptors (Lipinski definition) is 8. The van der Waals surface area contributed by atoms with Crippen molar-refractivity contribution in [3.63, 3.8) is 0 Å². The van der Waals surface area contributed by atoms with Crippen LogP contribution >= 0.6 is 0 Å². The van der Waals surface area contributed by atoms with E-state index in [0.717, 1.165) is 18.2 Å². The quantitative estimate of drug-likeness (QED) is 0.383. The Kier molecular flexibility index (Phi) is 6.24. The van der Waals surface area contributed by atoms with Crippen LogP contribution in [0.1, 0.15) is 65.5 Å². The average Bonchev–Trinajstić information content (AvgIpc) is 3.49. The van der Waals surface area contributed by atoms with E-state index in [2.05, 4.69) is 4.98 Å². The van der Waals surface area contributed by atoms with Crippen LogP contribution in [0.4, 0.5) is 0 Å². The molecule has 1 unspecified atom stereocenters. The number of methoxy groups -OCH3 is 1. The van der Waals surface area contributed by atoms with Crippen molar-refractivity contribution >= 4 is 34.7 Å². The maximum absolute atomic E-state index is 12.9. The molecule has 0 saturated carbocycles. The molecule has 5 rings (SSSR count). The predicted octanol–water partition coefficient (Wildman–Crippen LogP) is 3.46. The van der Waals surface area contributed by atoms with Gasteiger partial charge in [0.05, 0.1) is 53.2 Å². The van der Waals surface area contributed by atoms with Gasteiger partial charge in [0.1, 0.15) is 6.61 Å². The van der Waals surface area contributed by atoms with Gasteiger partial charge in [0.2, 0.25) is 0 Å². The Morgan fingerprint density at radius 1 is 1.08 bits per heavy atom. The van der Waals surface area contributed by atoms with Crippen LogP contribution in [-0.2, 0) is 20.8 Å². The molecular formula is C27H24N2O7. The molecule has 36 heavy (non-hydrogen) atoms. The van der Waals surface area contributed by atoms with Gasteiger partial charge in [-0.2, -0.15) is 0 Å². The van der Waals surface area contributed by atoms with E-state index in [4.69, 9.17) is 14.2 Å². The molecule has 9 heteroatoms. The zero-order chi connectivity index (χ0) is 25.4. The number of ether oxygens (including phenoxy) is 3. The summed E-state index contributed by atoms with van der Waals surface area (Å²) in [4.78, 5) is 56.7. The first-order valence-electron chi connectivity index (χ1n) is 11.6. The topological polar surface area (TPSA) is 112 Å². The number of amides is 2. The predicted molar refractivity (Wildman–Crippen MR) is 128 cm³/mol. The fourth-order valence-corrected chi connectivity index (χ4v) is 4.71. The SMILES string of the molecule is COC(=O)c1c(COC(=O)c2ccc3c(c2)C(=O)N(CC2CCCO2)C3=O)nc2ccccc2c1C. The Morgan fingerprint density at radius 3 is 2.61 bits per heavy atom. The number of rotatable bonds is 6. The van der Waals surface area contributed by atoms with E-state index in [-0.39, 0.29) is 47.2 Å². The molecule has 2 amide bonds. The third-order valence-corrected chi connectivity index (χ3v) is 6.57. The Labute approximate surface area is 207 Å². The van der Waals surface area contributed by atoms with Crippen LogP contribution in [0.5, 0.6) is 0 Å². The third-order valence-electron chi connectivity index (χ3n) is 6.57. The monoisotopic (exact) mass is 488 g/mol. The number of imide groups is 1. The summed E-state index contributed by atoms with van der Waals surface area (Å²) < 4.78 is 16.0. The molecule has 0 radical (unpaired) electrons. The molecular weight excluding hydrogens is 464 g/mol. The summed E-state index contributed by atoms with van der Waals surface area (Å²) in [6, 6.07) is 11.6. The number of aromatic nitrogens is 1.